The summed E-state index contributed by atoms with van der Waals surface area (Å²) in [7, 11) is 1.30. The lowest BCUT2D eigenvalue weighted by atomic mass is 10.2. The third kappa shape index (κ3) is 3.34. The molecular formula is C7H15NO3. The number of hydrogen-bond acceptors (Lipinski definition) is 4. The number of hydrogen-bond donors (Lipinski definition) is 2. The number of nitrogens with one attached hydrogen (secondary N) is 1. The van der Waals surface area contributed by atoms with Gasteiger partial charge in [0, 0.05) is 0 Å². The Morgan fingerprint density at radius 3 is 2.55 bits per heavy atom. The molecule has 11 heavy (non-hydrogen) atoms. The molecule has 0 aliphatic rings. The molecule has 0 bridgehead atoms. The number of rotatable bonds is 4. The molecule has 0 aliphatic carbocycles. The number of carbonyl (C=O) groups is 1. The minimum Gasteiger partial charge on any atom is -0.468 e. The van der Waals surface area contributed by atoms with Gasteiger partial charge in [-0.05, 0) is 13.5 Å². The van der Waals surface area contributed by atoms with Gasteiger partial charge >= 0.3 is 5.97 Å². The predicted molar refractivity (Wildman–Crippen MR) is 41.2 cm³/mol. The molecule has 0 spiro atoms. The first-order valence-corrected chi connectivity index (χ1v) is 3.62. The highest BCUT2D eigenvalue weighted by Crippen LogP contribution is 1.94. The molecule has 0 aromatic heterocycles. The number of aliphatic hydroxyl groups is 1. The second-order valence-corrected chi connectivity index (χ2v) is 2.30. The molecule has 0 rings (SSSR count). The molecule has 0 aliphatic heterocycles. The average molecular weight is 161 g/mol. The Bertz CT molecular complexity index is 125. The van der Waals surface area contributed by atoms with Crippen molar-refractivity contribution in [2.75, 3.05) is 13.7 Å². The van der Waals surface area contributed by atoms with Crippen molar-refractivity contribution < 1.29 is 14.6 Å². The van der Waals surface area contributed by atoms with Gasteiger partial charge in [-0.25, -0.2) is 0 Å². The zero-order chi connectivity index (χ0) is 8.85. The van der Waals surface area contributed by atoms with Crippen molar-refractivity contribution in [1.29, 1.82) is 0 Å². The van der Waals surface area contributed by atoms with Crippen LogP contribution in [0, 0.1) is 0 Å². The summed E-state index contributed by atoms with van der Waals surface area (Å²) in [4.78, 5) is 10.9. The van der Waals surface area contributed by atoms with Crippen molar-refractivity contribution in [2.24, 2.45) is 0 Å². The minimum absolute atomic E-state index is 0.429. The molecule has 0 amide bonds. The highest BCUT2D eigenvalue weighted by molar-refractivity contribution is 5.76. The summed E-state index contributed by atoms with van der Waals surface area (Å²) in [5, 5.41) is 11.9. The highest BCUT2D eigenvalue weighted by atomic mass is 16.5. The lowest BCUT2D eigenvalue weighted by molar-refractivity contribution is -0.145. The van der Waals surface area contributed by atoms with Crippen molar-refractivity contribution in [3.63, 3.8) is 0 Å². The number of carbonyl (C=O) groups excluding carboxylic acids is 1. The van der Waals surface area contributed by atoms with Crippen LogP contribution in [0.25, 0.3) is 0 Å². The van der Waals surface area contributed by atoms with Crippen LogP contribution in [0.5, 0.6) is 0 Å². The first kappa shape index (κ1) is 10.4. The molecule has 0 fully saturated rings. The van der Waals surface area contributed by atoms with Gasteiger partial charge in [0.1, 0.15) is 6.04 Å². The van der Waals surface area contributed by atoms with E-state index in [2.05, 4.69) is 10.1 Å². The maximum Gasteiger partial charge on any atom is 0.325 e. The molecule has 0 aromatic carbocycles. The summed E-state index contributed by atoms with van der Waals surface area (Å²) >= 11 is 0. The van der Waals surface area contributed by atoms with E-state index in [1.807, 2.05) is 6.92 Å². The van der Waals surface area contributed by atoms with Gasteiger partial charge in [0.25, 0.3) is 0 Å². The molecular weight excluding hydrogens is 146 g/mol. The van der Waals surface area contributed by atoms with Crippen molar-refractivity contribution in [3.8, 4) is 0 Å². The van der Waals surface area contributed by atoms with Gasteiger partial charge in [0.2, 0.25) is 0 Å². The maximum atomic E-state index is 10.9. The zero-order valence-electron chi connectivity index (χ0n) is 7.13. The summed E-state index contributed by atoms with van der Waals surface area (Å²) in [6, 6.07) is -0.606. The summed E-state index contributed by atoms with van der Waals surface area (Å²) in [5.74, 6) is -0.429. The van der Waals surface area contributed by atoms with Crippen LogP contribution in [0.4, 0.5) is 0 Å². The summed E-state index contributed by atoms with van der Waals surface area (Å²) < 4.78 is 4.46. The monoisotopic (exact) mass is 161 g/mol. The summed E-state index contributed by atoms with van der Waals surface area (Å²) in [6.45, 7) is 4.03. The summed E-state index contributed by atoms with van der Waals surface area (Å²) in [5.41, 5.74) is 0. The van der Waals surface area contributed by atoms with E-state index < -0.39 is 18.1 Å². The Balaban J connectivity index is 3.98. The average Bonchev–Trinajstić information content (AvgIpc) is 1.98. The SMILES string of the molecule is CCN[C@H](C(=O)OC)C(C)O. The molecule has 4 heteroatoms. The van der Waals surface area contributed by atoms with E-state index in [-0.39, 0.29) is 0 Å². The number of aliphatic hydroxyl groups excluding tert-OH is 1. The number of likely N-dealkylation sites (N-methyl/N-ethyl adjacent to an activating group) is 1. The van der Waals surface area contributed by atoms with Crippen molar-refractivity contribution in [1.82, 2.24) is 5.32 Å². The molecule has 0 saturated carbocycles. The van der Waals surface area contributed by atoms with Crippen LogP contribution in [-0.4, -0.2) is 36.9 Å². The fraction of sp³-hybridized carbons (Fsp3) is 0.857. The van der Waals surface area contributed by atoms with E-state index in [9.17, 15) is 4.79 Å². The smallest absolute Gasteiger partial charge is 0.325 e. The van der Waals surface area contributed by atoms with E-state index in [1.165, 1.54) is 7.11 Å². The maximum absolute atomic E-state index is 10.9. The molecule has 4 nitrogen and oxygen atoms in total. The molecule has 2 N–H and O–H groups in total. The van der Waals surface area contributed by atoms with Gasteiger partial charge in [-0.1, -0.05) is 6.92 Å². The lowest BCUT2D eigenvalue weighted by Crippen LogP contribution is -2.45. The van der Waals surface area contributed by atoms with Crippen molar-refractivity contribution >= 4 is 5.97 Å². The minimum atomic E-state index is -0.720. The first-order valence-electron chi connectivity index (χ1n) is 3.62. The normalized spacial score (nSPS) is 15.6. The molecule has 2 atom stereocenters. The van der Waals surface area contributed by atoms with E-state index in [0.29, 0.717) is 6.54 Å². The van der Waals surface area contributed by atoms with Gasteiger partial charge < -0.3 is 15.2 Å². The third-order valence-corrected chi connectivity index (χ3v) is 1.36. The van der Waals surface area contributed by atoms with Gasteiger partial charge in [-0.15, -0.1) is 0 Å². The van der Waals surface area contributed by atoms with E-state index >= 15 is 0 Å². The third-order valence-electron chi connectivity index (χ3n) is 1.36. The van der Waals surface area contributed by atoms with Crippen LogP contribution < -0.4 is 5.32 Å². The quantitative estimate of drug-likeness (QED) is 0.547. The molecule has 0 saturated heterocycles. The van der Waals surface area contributed by atoms with Crippen LogP contribution in [0.2, 0.25) is 0 Å². The van der Waals surface area contributed by atoms with E-state index in [4.69, 9.17) is 5.11 Å². The number of methoxy groups -OCH3 is 1. The van der Waals surface area contributed by atoms with Crippen LogP contribution in [0.15, 0.2) is 0 Å². The first-order chi connectivity index (χ1) is 5.13. The number of esters is 1. The fourth-order valence-corrected chi connectivity index (χ4v) is 0.798. The second-order valence-electron chi connectivity index (χ2n) is 2.30. The Morgan fingerprint density at radius 1 is 1.73 bits per heavy atom. The zero-order valence-corrected chi connectivity index (χ0v) is 7.13. The molecule has 66 valence electrons. The van der Waals surface area contributed by atoms with Gasteiger partial charge in [-0.3, -0.25) is 4.79 Å². The molecule has 0 aromatic rings. The topological polar surface area (TPSA) is 58.6 Å². The Morgan fingerprint density at radius 2 is 2.27 bits per heavy atom. The molecule has 0 heterocycles. The fourth-order valence-electron chi connectivity index (χ4n) is 0.798. The lowest BCUT2D eigenvalue weighted by Gasteiger charge is -2.17. The largest absolute Gasteiger partial charge is 0.468 e. The van der Waals surface area contributed by atoms with Gasteiger partial charge in [0.05, 0.1) is 13.2 Å². The second kappa shape index (κ2) is 5.09. The van der Waals surface area contributed by atoms with Crippen LogP contribution in [0.3, 0.4) is 0 Å². The standard InChI is InChI=1S/C7H15NO3/c1-4-8-6(5(2)9)7(10)11-3/h5-6,8-9H,4H2,1-3H3/t5?,6-/m0/s1. The Kier molecular flexibility index (Phi) is 4.81. The van der Waals surface area contributed by atoms with Crippen molar-refractivity contribution in [2.45, 2.75) is 26.0 Å². The van der Waals surface area contributed by atoms with Crippen LogP contribution in [-0.2, 0) is 9.53 Å². The number of ether oxygens (including phenoxy) is 1. The highest BCUT2D eigenvalue weighted by Gasteiger charge is 2.22. The summed E-state index contributed by atoms with van der Waals surface area (Å²) in [6.07, 6.45) is -0.720. The Labute approximate surface area is 66.5 Å². The van der Waals surface area contributed by atoms with E-state index in [0.717, 1.165) is 0 Å². The van der Waals surface area contributed by atoms with Gasteiger partial charge in [0.15, 0.2) is 0 Å². The van der Waals surface area contributed by atoms with Crippen molar-refractivity contribution in [3.05, 3.63) is 0 Å². The Hall–Kier alpha value is -0.610. The molecule has 0 radical (unpaired) electrons. The van der Waals surface area contributed by atoms with Crippen LogP contribution in [0.1, 0.15) is 13.8 Å². The molecule has 1 unspecified atom stereocenters. The van der Waals surface area contributed by atoms with E-state index in [1.54, 1.807) is 6.92 Å². The van der Waals surface area contributed by atoms with Crippen LogP contribution >= 0.6 is 0 Å². The van der Waals surface area contributed by atoms with Gasteiger partial charge in [-0.2, -0.15) is 0 Å². The predicted octanol–water partition coefficient (Wildman–Crippen LogP) is -0.482.